The summed E-state index contributed by atoms with van der Waals surface area (Å²) in [5, 5.41) is 0. The van der Waals surface area contributed by atoms with Crippen LogP contribution in [0.25, 0.3) is 0 Å². The highest BCUT2D eigenvalue weighted by Gasteiger charge is 2.27. The fraction of sp³-hybridized carbons (Fsp3) is 0.933. The van der Waals surface area contributed by atoms with Gasteiger partial charge in [0.05, 0.1) is 19.3 Å². The fourth-order valence-electron chi connectivity index (χ4n) is 2.75. The first-order chi connectivity index (χ1) is 8.86. The first-order valence-corrected chi connectivity index (χ1v) is 7.43. The number of rotatable bonds is 5. The number of hydrogen-bond acceptors (Lipinski definition) is 3. The van der Waals surface area contributed by atoms with Crippen LogP contribution in [0.3, 0.4) is 0 Å². The van der Waals surface area contributed by atoms with E-state index in [0.717, 1.165) is 19.4 Å². The van der Waals surface area contributed by atoms with Gasteiger partial charge in [-0.25, -0.2) is 0 Å². The predicted molar refractivity (Wildman–Crippen MR) is 77.8 cm³/mol. The fourth-order valence-corrected chi connectivity index (χ4v) is 2.75. The van der Waals surface area contributed by atoms with Gasteiger partial charge in [-0.3, -0.25) is 4.79 Å². The molecule has 1 saturated heterocycles. The predicted octanol–water partition coefficient (Wildman–Crippen LogP) is 2.02. The molecular formula is C15H30N2O2. The topological polar surface area (TPSA) is 55.6 Å². The molecule has 0 aromatic carbocycles. The summed E-state index contributed by atoms with van der Waals surface area (Å²) in [7, 11) is 0. The normalized spacial score (nSPS) is 22.4. The lowest BCUT2D eigenvalue weighted by Gasteiger charge is -2.35. The number of nitrogens with zero attached hydrogens (tertiary/aromatic N) is 1. The van der Waals surface area contributed by atoms with Gasteiger partial charge < -0.3 is 15.4 Å². The summed E-state index contributed by atoms with van der Waals surface area (Å²) in [6.07, 6.45) is 2.56. The number of morpholine rings is 1. The highest BCUT2D eigenvalue weighted by atomic mass is 16.5. The third kappa shape index (κ3) is 5.11. The van der Waals surface area contributed by atoms with Crippen LogP contribution in [0.5, 0.6) is 0 Å². The molecule has 2 N–H and O–H groups in total. The van der Waals surface area contributed by atoms with E-state index in [1.54, 1.807) is 0 Å². The van der Waals surface area contributed by atoms with Gasteiger partial charge >= 0.3 is 0 Å². The molecule has 112 valence electrons. The Kier molecular flexibility index (Phi) is 6.27. The molecule has 1 heterocycles. The minimum absolute atomic E-state index is 0.212. The van der Waals surface area contributed by atoms with Crippen molar-refractivity contribution in [1.29, 1.82) is 0 Å². The molecule has 0 aromatic rings. The minimum Gasteiger partial charge on any atom is -0.377 e. The molecule has 4 heteroatoms. The Morgan fingerprint density at radius 2 is 2.11 bits per heavy atom. The second-order valence-electron chi connectivity index (χ2n) is 6.69. The summed E-state index contributed by atoms with van der Waals surface area (Å²) < 4.78 is 5.37. The van der Waals surface area contributed by atoms with E-state index < -0.39 is 0 Å². The van der Waals surface area contributed by atoms with Gasteiger partial charge in [0.2, 0.25) is 5.91 Å². The van der Waals surface area contributed by atoms with E-state index in [-0.39, 0.29) is 17.4 Å². The number of carbonyl (C=O) groups is 1. The molecule has 2 unspecified atom stereocenters. The van der Waals surface area contributed by atoms with Crippen LogP contribution in [-0.4, -0.2) is 43.2 Å². The quantitative estimate of drug-likeness (QED) is 0.831. The molecule has 0 spiro atoms. The van der Waals surface area contributed by atoms with E-state index >= 15 is 0 Å². The lowest BCUT2D eigenvalue weighted by Crippen LogP contribution is -2.47. The summed E-state index contributed by atoms with van der Waals surface area (Å²) >= 11 is 0. The van der Waals surface area contributed by atoms with Crippen LogP contribution in [0.4, 0.5) is 0 Å². The van der Waals surface area contributed by atoms with Crippen molar-refractivity contribution in [3.8, 4) is 0 Å². The molecule has 0 bridgehead atoms. The van der Waals surface area contributed by atoms with Crippen LogP contribution in [0.15, 0.2) is 0 Å². The third-order valence-electron chi connectivity index (χ3n) is 4.13. The molecule has 1 aliphatic rings. The summed E-state index contributed by atoms with van der Waals surface area (Å²) in [6.45, 7) is 11.5. The van der Waals surface area contributed by atoms with Gasteiger partial charge in [0.15, 0.2) is 0 Å². The van der Waals surface area contributed by atoms with E-state index in [4.69, 9.17) is 10.5 Å². The minimum atomic E-state index is 0.212. The Hall–Kier alpha value is -0.610. The van der Waals surface area contributed by atoms with E-state index in [0.29, 0.717) is 32.1 Å². The monoisotopic (exact) mass is 270 g/mol. The van der Waals surface area contributed by atoms with E-state index in [1.165, 1.54) is 0 Å². The van der Waals surface area contributed by atoms with Crippen molar-refractivity contribution in [2.45, 2.75) is 53.0 Å². The molecule has 1 rings (SSSR count). The number of ether oxygens (including phenoxy) is 1. The standard InChI is InChI=1S/C15H30N2O2/c1-12-11-19-10-9-17(12)14(18)6-5-13(7-8-16)15(2,3)4/h12-13H,5-11,16H2,1-4H3. The number of amides is 1. The Labute approximate surface area is 117 Å². The first kappa shape index (κ1) is 16.4. The van der Waals surface area contributed by atoms with Gasteiger partial charge in [-0.2, -0.15) is 0 Å². The Balaban J connectivity index is 2.47. The van der Waals surface area contributed by atoms with Crippen molar-refractivity contribution >= 4 is 5.91 Å². The summed E-state index contributed by atoms with van der Waals surface area (Å²) in [6, 6.07) is 0.212. The number of nitrogens with two attached hydrogens (primary N) is 1. The van der Waals surface area contributed by atoms with Gasteiger partial charge in [-0.1, -0.05) is 20.8 Å². The van der Waals surface area contributed by atoms with Gasteiger partial charge in [-0.15, -0.1) is 0 Å². The average Bonchev–Trinajstić information content (AvgIpc) is 2.33. The molecule has 4 nitrogen and oxygen atoms in total. The zero-order valence-corrected chi connectivity index (χ0v) is 12.9. The van der Waals surface area contributed by atoms with Crippen molar-refractivity contribution in [3.63, 3.8) is 0 Å². The molecular weight excluding hydrogens is 240 g/mol. The van der Waals surface area contributed by atoms with Crippen LogP contribution in [0, 0.1) is 11.3 Å². The van der Waals surface area contributed by atoms with Gasteiger partial charge in [-0.05, 0) is 37.6 Å². The average molecular weight is 270 g/mol. The maximum absolute atomic E-state index is 12.3. The number of hydrogen-bond donors (Lipinski definition) is 1. The van der Waals surface area contributed by atoms with E-state index in [1.807, 2.05) is 4.90 Å². The highest BCUT2D eigenvalue weighted by Crippen LogP contribution is 2.32. The van der Waals surface area contributed by atoms with Crippen molar-refractivity contribution in [2.24, 2.45) is 17.1 Å². The Bertz CT molecular complexity index is 286. The van der Waals surface area contributed by atoms with Crippen LogP contribution in [0.2, 0.25) is 0 Å². The highest BCUT2D eigenvalue weighted by molar-refractivity contribution is 5.76. The maximum atomic E-state index is 12.3. The SMILES string of the molecule is CC1COCCN1C(=O)CCC(CCN)C(C)(C)C. The zero-order chi connectivity index (χ0) is 14.5. The second-order valence-corrected chi connectivity index (χ2v) is 6.69. The van der Waals surface area contributed by atoms with Crippen LogP contribution < -0.4 is 5.73 Å². The first-order valence-electron chi connectivity index (χ1n) is 7.43. The van der Waals surface area contributed by atoms with Crippen molar-refractivity contribution in [2.75, 3.05) is 26.3 Å². The summed E-state index contributed by atoms with van der Waals surface area (Å²) in [5.74, 6) is 0.778. The van der Waals surface area contributed by atoms with Gasteiger partial charge in [0.1, 0.15) is 0 Å². The van der Waals surface area contributed by atoms with Crippen LogP contribution in [-0.2, 0) is 9.53 Å². The second kappa shape index (κ2) is 7.25. The molecule has 1 amide bonds. The molecule has 0 aliphatic carbocycles. The third-order valence-corrected chi connectivity index (χ3v) is 4.13. The Morgan fingerprint density at radius 1 is 1.42 bits per heavy atom. The largest absolute Gasteiger partial charge is 0.377 e. The lowest BCUT2D eigenvalue weighted by atomic mass is 9.76. The molecule has 0 aromatic heterocycles. The maximum Gasteiger partial charge on any atom is 0.222 e. The number of carbonyl (C=O) groups excluding carboxylic acids is 1. The van der Waals surface area contributed by atoms with E-state index in [2.05, 4.69) is 27.7 Å². The summed E-state index contributed by atoms with van der Waals surface area (Å²) in [5.41, 5.74) is 5.90. The van der Waals surface area contributed by atoms with Crippen LogP contribution >= 0.6 is 0 Å². The smallest absolute Gasteiger partial charge is 0.222 e. The molecule has 1 fully saturated rings. The van der Waals surface area contributed by atoms with Crippen molar-refractivity contribution < 1.29 is 9.53 Å². The zero-order valence-electron chi connectivity index (χ0n) is 12.9. The van der Waals surface area contributed by atoms with Gasteiger partial charge in [0.25, 0.3) is 0 Å². The molecule has 0 saturated carbocycles. The van der Waals surface area contributed by atoms with Crippen molar-refractivity contribution in [3.05, 3.63) is 0 Å². The molecule has 2 atom stereocenters. The van der Waals surface area contributed by atoms with Gasteiger partial charge in [0, 0.05) is 13.0 Å². The van der Waals surface area contributed by atoms with Crippen molar-refractivity contribution in [1.82, 2.24) is 4.90 Å². The molecule has 19 heavy (non-hydrogen) atoms. The Morgan fingerprint density at radius 3 is 2.63 bits per heavy atom. The lowest BCUT2D eigenvalue weighted by molar-refractivity contribution is -0.139. The summed E-state index contributed by atoms with van der Waals surface area (Å²) in [4.78, 5) is 14.2. The molecule has 0 radical (unpaired) electrons. The molecule has 1 aliphatic heterocycles. The van der Waals surface area contributed by atoms with E-state index in [9.17, 15) is 4.79 Å². The van der Waals surface area contributed by atoms with Crippen LogP contribution in [0.1, 0.15) is 47.0 Å².